The SMILES string of the molecule is O.O.[O-][Cl+3]([O-])([O-])[O-].[O-][Cl+3]([O-])([O-])[O-].[O-][Cl+3]([O-])([O-])[O-].[O-][Cl+3]([O-])([O-])[O-].[Zn+2].[Zn+2].c1csc(CN2CCCNCCN(Cc3nccs3)CCCNCC2)n1.c1csc(CN2CCCNCCN(Cc3nccs3)CCCNCC2)n1. The molecule has 30 nitrogen and oxygen atoms in total. The fourth-order valence-corrected chi connectivity index (χ4v) is 8.96. The van der Waals surface area contributed by atoms with Crippen molar-refractivity contribution in [2.45, 2.75) is 51.9 Å². The fraction of sp³-hybridized carbons (Fsp3) is 0.667. The summed E-state index contributed by atoms with van der Waals surface area (Å²) in [4.78, 5) is 27.8. The third-order valence-electron chi connectivity index (χ3n) is 9.10. The van der Waals surface area contributed by atoms with Crippen molar-refractivity contribution < 1.29 is 165 Å². The number of hydrogen-bond donors (Lipinski definition) is 4. The van der Waals surface area contributed by atoms with E-state index in [1.165, 1.54) is 45.7 Å². The van der Waals surface area contributed by atoms with Crippen LogP contribution in [0, 0.1) is 41.0 Å². The Bertz CT molecular complexity index is 1500. The van der Waals surface area contributed by atoms with E-state index in [1.54, 1.807) is 45.3 Å². The summed E-state index contributed by atoms with van der Waals surface area (Å²) in [6.45, 7) is 21.2. The molecule has 2 fully saturated rings. The average Bonchev–Trinajstić information content (AvgIpc) is 4.11. The number of aromatic nitrogens is 4. The van der Waals surface area contributed by atoms with E-state index in [4.69, 9.17) is 74.5 Å². The molecule has 8 N–H and O–H groups in total. The van der Waals surface area contributed by atoms with Crippen LogP contribution in [0.5, 0.6) is 0 Å². The Kier molecular flexibility index (Phi) is 52.5. The van der Waals surface area contributed by atoms with Gasteiger partial charge in [0, 0.05) is 98.7 Å². The Morgan fingerprint density at radius 3 is 0.645 bits per heavy atom. The van der Waals surface area contributed by atoms with Crippen LogP contribution in [-0.2, 0) is 65.1 Å². The normalized spacial score (nSPS) is 16.8. The van der Waals surface area contributed by atoms with Crippen molar-refractivity contribution in [2.24, 2.45) is 0 Å². The van der Waals surface area contributed by atoms with Gasteiger partial charge in [-0.15, -0.1) is 86.3 Å². The molecule has 4 aromatic rings. The van der Waals surface area contributed by atoms with E-state index in [-0.39, 0.29) is 49.9 Å². The Balaban J connectivity index is -0.000000484. The molecular formula is C36H64Cl4N12O18S4Zn2. The van der Waals surface area contributed by atoms with E-state index >= 15 is 0 Å². The molecule has 0 aromatic carbocycles. The maximum absolute atomic E-state index is 8.49. The van der Waals surface area contributed by atoms with Crippen LogP contribution in [0.25, 0.3) is 0 Å². The van der Waals surface area contributed by atoms with Gasteiger partial charge in [0.1, 0.15) is 20.0 Å². The van der Waals surface area contributed by atoms with Crippen molar-refractivity contribution in [1.29, 1.82) is 0 Å². The summed E-state index contributed by atoms with van der Waals surface area (Å²) >= 11 is 7.02. The number of hydrogen-bond acceptors (Lipinski definition) is 32. The van der Waals surface area contributed by atoms with Gasteiger partial charge in [0.05, 0.1) is 26.2 Å². The predicted octanol–water partition coefficient (Wildman–Crippen LogP) is -16.9. The molecule has 2 aliphatic heterocycles. The smallest absolute Gasteiger partial charge is 0.412 e. The first kappa shape index (κ1) is 82.4. The molecule has 0 radical (unpaired) electrons. The molecule has 0 aliphatic carbocycles. The van der Waals surface area contributed by atoms with Crippen molar-refractivity contribution in [1.82, 2.24) is 60.8 Å². The van der Waals surface area contributed by atoms with Crippen molar-refractivity contribution in [3.05, 3.63) is 66.3 Å². The van der Waals surface area contributed by atoms with Crippen LogP contribution < -0.4 is 95.8 Å². The van der Waals surface area contributed by atoms with Crippen LogP contribution in [0.3, 0.4) is 0 Å². The first-order valence-corrected chi connectivity index (χ1v) is 30.0. The average molecular weight is 1350 g/mol. The van der Waals surface area contributed by atoms with E-state index in [9.17, 15) is 0 Å². The van der Waals surface area contributed by atoms with Crippen LogP contribution in [0.4, 0.5) is 0 Å². The zero-order chi connectivity index (χ0) is 53.7. The van der Waals surface area contributed by atoms with Crippen molar-refractivity contribution in [3.8, 4) is 0 Å². The largest absolute Gasteiger partial charge is 2.00 e. The van der Waals surface area contributed by atoms with Crippen LogP contribution >= 0.6 is 45.3 Å². The molecular weight excluding hydrogens is 1290 g/mol. The summed E-state index contributed by atoms with van der Waals surface area (Å²) < 4.78 is 136. The molecule has 6 heterocycles. The maximum Gasteiger partial charge on any atom is 2.00 e. The number of halogens is 4. The van der Waals surface area contributed by atoms with Gasteiger partial charge in [-0.3, -0.25) is 19.6 Å². The first-order chi connectivity index (χ1) is 33.8. The Hall–Kier alpha value is -0.113. The van der Waals surface area contributed by atoms with Crippen molar-refractivity contribution >= 4 is 45.3 Å². The molecule has 4 aromatic heterocycles. The van der Waals surface area contributed by atoms with Crippen molar-refractivity contribution in [2.75, 3.05) is 105 Å². The van der Waals surface area contributed by atoms with E-state index < -0.39 is 41.0 Å². The minimum atomic E-state index is -4.94. The number of nitrogens with zero attached hydrogens (tertiary/aromatic N) is 8. The molecule has 2 aliphatic rings. The Morgan fingerprint density at radius 2 is 0.500 bits per heavy atom. The second-order valence-corrected chi connectivity index (χ2v) is 21.7. The summed E-state index contributed by atoms with van der Waals surface area (Å²) in [6, 6.07) is 0. The summed E-state index contributed by atoms with van der Waals surface area (Å²) in [5.74, 6) is 0. The minimum Gasteiger partial charge on any atom is -0.412 e. The molecule has 432 valence electrons. The summed E-state index contributed by atoms with van der Waals surface area (Å²) in [6.07, 6.45) is 12.3. The minimum absolute atomic E-state index is 0. The van der Waals surface area contributed by atoms with Crippen molar-refractivity contribution in [3.63, 3.8) is 0 Å². The summed E-state index contributed by atoms with van der Waals surface area (Å²) in [7, 11) is -19.8. The van der Waals surface area contributed by atoms with Crippen LogP contribution in [0.1, 0.15) is 45.7 Å². The summed E-state index contributed by atoms with van der Waals surface area (Å²) in [5, 5.41) is 27.6. The predicted molar refractivity (Wildman–Crippen MR) is 227 cm³/mol. The van der Waals surface area contributed by atoms with Gasteiger partial charge in [-0.05, 0) is 78.0 Å². The van der Waals surface area contributed by atoms with E-state index in [0.29, 0.717) is 0 Å². The van der Waals surface area contributed by atoms with Gasteiger partial charge in [0.15, 0.2) is 0 Å². The monoisotopic (exact) mass is 1350 g/mol. The molecule has 76 heavy (non-hydrogen) atoms. The van der Waals surface area contributed by atoms with Crippen LogP contribution in [0.15, 0.2) is 46.3 Å². The molecule has 0 amide bonds. The second kappa shape index (κ2) is 48.4. The molecule has 40 heteroatoms. The van der Waals surface area contributed by atoms with Gasteiger partial charge >= 0.3 is 39.0 Å². The van der Waals surface area contributed by atoms with E-state index in [2.05, 4.69) is 82.3 Å². The van der Waals surface area contributed by atoms with Gasteiger partial charge in [-0.25, -0.2) is 94.5 Å². The molecule has 0 bridgehead atoms. The summed E-state index contributed by atoms with van der Waals surface area (Å²) in [5.41, 5.74) is 0. The number of nitrogens with one attached hydrogen (secondary N) is 4. The maximum atomic E-state index is 8.49. The molecule has 0 atom stereocenters. The molecule has 0 unspecified atom stereocenters. The second-order valence-electron chi connectivity index (χ2n) is 14.7. The topological polar surface area (TPSA) is 545 Å². The fourth-order valence-electron chi connectivity index (χ4n) is 6.33. The Morgan fingerprint density at radius 1 is 0.329 bits per heavy atom. The van der Waals surface area contributed by atoms with Crippen LogP contribution in [-0.4, -0.2) is 155 Å². The number of thiazole rings is 4. The first-order valence-electron chi connectivity index (χ1n) is 21.5. The molecule has 6 rings (SSSR count). The third kappa shape index (κ3) is 61.5. The van der Waals surface area contributed by atoms with Gasteiger partial charge in [0.2, 0.25) is 0 Å². The molecule has 2 saturated heterocycles. The zero-order valence-electron chi connectivity index (χ0n) is 41.3. The quantitative estimate of drug-likeness (QED) is 0.119. The number of rotatable bonds is 8. The third-order valence-corrected chi connectivity index (χ3v) is 12.2. The van der Waals surface area contributed by atoms with E-state index in [1.807, 2.05) is 24.8 Å². The van der Waals surface area contributed by atoms with Gasteiger partial charge < -0.3 is 32.2 Å². The standard InChI is InChI=1S/2C18H30N6S2.4ClHO4.2H2O.2Zn/c2*1-3-19-5-12-24(16-18-22-8-14-26-18)10-2-4-20-6-11-23(9-1)15-17-21-7-13-25-17;4*2-1(3,4)5;;;;/h2*7-8,13-14,19-20H,1-6,9-12,15-16H2;4*(H,2,3,4,5);2*1H2;;/q;;;;;;;;2*+2/p-4. The molecule has 0 spiro atoms. The Labute approximate surface area is 490 Å². The van der Waals surface area contributed by atoms with Gasteiger partial charge in [-0.1, -0.05) is 0 Å². The van der Waals surface area contributed by atoms with E-state index in [0.717, 1.165) is 131 Å². The van der Waals surface area contributed by atoms with Gasteiger partial charge in [-0.2, -0.15) is 0 Å². The zero-order valence-corrected chi connectivity index (χ0v) is 53.5. The van der Waals surface area contributed by atoms with Gasteiger partial charge in [0.25, 0.3) is 0 Å². The molecule has 0 saturated carbocycles. The van der Waals surface area contributed by atoms with Crippen LogP contribution in [0.2, 0.25) is 0 Å².